The third-order valence-corrected chi connectivity index (χ3v) is 4.48. The van der Waals surface area contributed by atoms with Crippen LogP contribution >= 0.6 is 15.9 Å². The molecule has 1 saturated carbocycles. The van der Waals surface area contributed by atoms with Gasteiger partial charge in [0.15, 0.2) is 6.10 Å². The summed E-state index contributed by atoms with van der Waals surface area (Å²) in [6.45, 7) is 2.26. The molecule has 1 atom stereocenters. The van der Waals surface area contributed by atoms with E-state index in [1.165, 1.54) is 19.3 Å². The average molecular weight is 355 g/mol. The summed E-state index contributed by atoms with van der Waals surface area (Å²) in [6, 6.07) is 5.98. The normalized spacial score (nSPS) is 17.3. The summed E-state index contributed by atoms with van der Waals surface area (Å²) in [5.74, 6) is 0.621. The fraction of sp³-hybridized carbons (Fsp3) is 0.562. The molecule has 1 aromatic carbocycles. The van der Waals surface area contributed by atoms with E-state index in [-0.39, 0.29) is 5.91 Å². The molecular formula is C16H23BrN2O2. The molecule has 1 aromatic rings. The van der Waals surface area contributed by atoms with Gasteiger partial charge >= 0.3 is 0 Å². The van der Waals surface area contributed by atoms with Gasteiger partial charge in [-0.3, -0.25) is 4.79 Å². The maximum atomic E-state index is 12.2. The number of nitrogens with two attached hydrogens (primary N) is 1. The Morgan fingerprint density at radius 2 is 2.14 bits per heavy atom. The maximum absolute atomic E-state index is 12.2. The number of amides is 1. The Bertz CT molecular complexity index is 487. The molecular weight excluding hydrogens is 332 g/mol. The number of hydrogen-bond acceptors (Lipinski definition) is 3. The number of rotatable bonds is 5. The fourth-order valence-electron chi connectivity index (χ4n) is 2.58. The number of carbonyl (C=O) groups is 1. The van der Waals surface area contributed by atoms with Gasteiger partial charge in [0.2, 0.25) is 0 Å². The zero-order valence-electron chi connectivity index (χ0n) is 12.4. The largest absolute Gasteiger partial charge is 0.480 e. The summed E-state index contributed by atoms with van der Waals surface area (Å²) in [5, 5.41) is 3.08. The number of halogens is 1. The molecule has 0 bridgehead atoms. The third-order valence-electron chi connectivity index (χ3n) is 3.86. The lowest BCUT2D eigenvalue weighted by molar-refractivity contribution is -0.128. The van der Waals surface area contributed by atoms with Crippen molar-refractivity contribution in [2.24, 2.45) is 5.73 Å². The van der Waals surface area contributed by atoms with Gasteiger partial charge in [0.25, 0.3) is 5.91 Å². The highest BCUT2D eigenvalue weighted by Crippen LogP contribution is 2.27. The van der Waals surface area contributed by atoms with Crippen LogP contribution in [-0.4, -0.2) is 18.1 Å². The molecule has 0 aromatic heterocycles. The highest BCUT2D eigenvalue weighted by atomic mass is 79.9. The van der Waals surface area contributed by atoms with Gasteiger partial charge in [-0.05, 0) is 53.4 Å². The van der Waals surface area contributed by atoms with Crippen LogP contribution in [0.5, 0.6) is 5.75 Å². The highest BCUT2D eigenvalue weighted by Gasteiger charge is 2.21. The predicted octanol–water partition coefficient (Wildman–Crippen LogP) is 3.12. The lowest BCUT2D eigenvalue weighted by atomic mass is 9.95. The van der Waals surface area contributed by atoms with Crippen LogP contribution in [0.4, 0.5) is 0 Å². The van der Waals surface area contributed by atoms with E-state index in [0.29, 0.717) is 18.3 Å². The SMILES string of the molecule is CC(Oc1ccc(CN)cc1Br)C(=O)NC1CCCCC1. The molecule has 116 valence electrons. The van der Waals surface area contributed by atoms with E-state index in [1.54, 1.807) is 6.92 Å². The predicted molar refractivity (Wildman–Crippen MR) is 87.1 cm³/mol. The second kappa shape index (κ2) is 7.80. The van der Waals surface area contributed by atoms with Gasteiger partial charge in [-0.15, -0.1) is 0 Å². The van der Waals surface area contributed by atoms with E-state index in [0.717, 1.165) is 22.9 Å². The summed E-state index contributed by atoms with van der Waals surface area (Å²) < 4.78 is 6.57. The third kappa shape index (κ3) is 4.71. The number of nitrogens with one attached hydrogen (secondary N) is 1. The van der Waals surface area contributed by atoms with Gasteiger partial charge in [-0.2, -0.15) is 0 Å². The van der Waals surface area contributed by atoms with Crippen LogP contribution in [0.2, 0.25) is 0 Å². The number of ether oxygens (including phenoxy) is 1. The molecule has 21 heavy (non-hydrogen) atoms. The first-order chi connectivity index (χ1) is 10.1. The Morgan fingerprint density at radius 3 is 2.76 bits per heavy atom. The van der Waals surface area contributed by atoms with Crippen molar-refractivity contribution < 1.29 is 9.53 Å². The molecule has 0 heterocycles. The van der Waals surface area contributed by atoms with Crippen molar-refractivity contribution in [1.29, 1.82) is 0 Å². The minimum absolute atomic E-state index is 0.0447. The van der Waals surface area contributed by atoms with Crippen LogP contribution in [-0.2, 0) is 11.3 Å². The Morgan fingerprint density at radius 1 is 1.43 bits per heavy atom. The molecule has 1 aliphatic carbocycles. The number of hydrogen-bond donors (Lipinski definition) is 2. The first kappa shape index (κ1) is 16.3. The summed E-state index contributed by atoms with van der Waals surface area (Å²) in [6.07, 6.45) is 5.32. The van der Waals surface area contributed by atoms with E-state index in [4.69, 9.17) is 10.5 Å². The van der Waals surface area contributed by atoms with Crippen LogP contribution in [0.1, 0.15) is 44.6 Å². The van der Waals surface area contributed by atoms with Gasteiger partial charge in [-0.1, -0.05) is 25.3 Å². The minimum atomic E-state index is -0.507. The zero-order chi connectivity index (χ0) is 15.2. The molecule has 0 saturated heterocycles. The van der Waals surface area contributed by atoms with Crippen LogP contribution in [0.15, 0.2) is 22.7 Å². The molecule has 0 spiro atoms. The average Bonchev–Trinajstić information content (AvgIpc) is 2.50. The first-order valence-corrected chi connectivity index (χ1v) is 8.35. The summed E-state index contributed by atoms with van der Waals surface area (Å²) in [5.41, 5.74) is 6.62. The molecule has 3 N–H and O–H groups in total. The smallest absolute Gasteiger partial charge is 0.260 e. The molecule has 1 aliphatic rings. The topological polar surface area (TPSA) is 64.3 Å². The van der Waals surface area contributed by atoms with E-state index >= 15 is 0 Å². The van der Waals surface area contributed by atoms with E-state index < -0.39 is 6.10 Å². The van der Waals surface area contributed by atoms with Gasteiger partial charge < -0.3 is 15.8 Å². The van der Waals surface area contributed by atoms with Crippen molar-refractivity contribution in [2.45, 2.75) is 57.7 Å². The minimum Gasteiger partial charge on any atom is -0.480 e. The van der Waals surface area contributed by atoms with E-state index in [1.807, 2.05) is 18.2 Å². The molecule has 0 radical (unpaired) electrons. The van der Waals surface area contributed by atoms with E-state index in [9.17, 15) is 4.79 Å². The number of carbonyl (C=O) groups excluding carboxylic acids is 1. The van der Waals surface area contributed by atoms with Crippen molar-refractivity contribution >= 4 is 21.8 Å². The zero-order valence-corrected chi connectivity index (χ0v) is 14.0. The Hall–Kier alpha value is -1.07. The molecule has 5 heteroatoms. The van der Waals surface area contributed by atoms with Crippen LogP contribution in [0, 0.1) is 0 Å². The van der Waals surface area contributed by atoms with Gasteiger partial charge in [-0.25, -0.2) is 0 Å². The van der Waals surface area contributed by atoms with Gasteiger partial charge in [0.1, 0.15) is 5.75 Å². The van der Waals surface area contributed by atoms with Crippen molar-refractivity contribution in [3.8, 4) is 5.75 Å². The molecule has 1 amide bonds. The van der Waals surface area contributed by atoms with Crippen molar-refractivity contribution in [3.05, 3.63) is 28.2 Å². The van der Waals surface area contributed by atoms with Crippen LogP contribution < -0.4 is 15.8 Å². The monoisotopic (exact) mass is 354 g/mol. The lowest BCUT2D eigenvalue weighted by Gasteiger charge is -2.24. The summed E-state index contributed by atoms with van der Waals surface area (Å²) in [4.78, 5) is 12.2. The highest BCUT2D eigenvalue weighted by molar-refractivity contribution is 9.10. The molecule has 1 unspecified atom stereocenters. The Balaban J connectivity index is 1.90. The van der Waals surface area contributed by atoms with E-state index in [2.05, 4.69) is 21.2 Å². The molecule has 0 aliphatic heterocycles. The second-order valence-corrected chi connectivity index (χ2v) is 6.43. The number of benzene rings is 1. The Labute approximate surface area is 134 Å². The van der Waals surface area contributed by atoms with Gasteiger partial charge in [0.05, 0.1) is 4.47 Å². The lowest BCUT2D eigenvalue weighted by Crippen LogP contribution is -2.43. The van der Waals surface area contributed by atoms with Crippen molar-refractivity contribution in [2.75, 3.05) is 0 Å². The molecule has 4 nitrogen and oxygen atoms in total. The van der Waals surface area contributed by atoms with Crippen molar-refractivity contribution in [3.63, 3.8) is 0 Å². The van der Waals surface area contributed by atoms with Crippen molar-refractivity contribution in [1.82, 2.24) is 5.32 Å². The molecule has 2 rings (SSSR count). The maximum Gasteiger partial charge on any atom is 0.260 e. The van der Waals surface area contributed by atoms with Gasteiger partial charge in [0, 0.05) is 12.6 Å². The fourth-order valence-corrected chi connectivity index (χ4v) is 3.10. The Kier molecular flexibility index (Phi) is 6.06. The molecule has 1 fully saturated rings. The van der Waals surface area contributed by atoms with Crippen LogP contribution in [0.3, 0.4) is 0 Å². The summed E-state index contributed by atoms with van der Waals surface area (Å²) in [7, 11) is 0. The second-order valence-electron chi connectivity index (χ2n) is 5.57. The standard InChI is InChI=1S/C16H23BrN2O2/c1-11(16(20)19-13-5-3-2-4-6-13)21-15-8-7-12(10-18)9-14(15)17/h7-9,11,13H,2-6,10,18H2,1H3,(H,19,20). The quantitative estimate of drug-likeness (QED) is 0.853. The summed E-state index contributed by atoms with van der Waals surface area (Å²) >= 11 is 3.45. The first-order valence-electron chi connectivity index (χ1n) is 7.55. The van der Waals surface area contributed by atoms with Crippen LogP contribution in [0.25, 0.3) is 0 Å².